The number of aliphatic carboxylic acids is 1. The maximum Gasteiger partial charge on any atom is 0.325 e. The Morgan fingerprint density at radius 3 is 1.55 bits per heavy atom. The summed E-state index contributed by atoms with van der Waals surface area (Å²) in [6.07, 6.45) is 0.231. The van der Waals surface area contributed by atoms with Crippen LogP contribution in [0, 0.1) is 0 Å². The Hall–Kier alpha value is -2.25. The van der Waals surface area contributed by atoms with Crippen LogP contribution in [0.3, 0.4) is 0 Å². The molecule has 0 unspecified atom stereocenters. The standard InChI is InChI=1S/C22H41N7O8S3/c1-10(22(36)37)25-18(32)13(7-38)27-19(33)14(8-39)28-21(35)16(11(2)30)29-20(34)15(9-40)26-17(31)12(24)5-3-4-6-23/h10-16,30,38-40H,3-9,23-24H2,1-2H3,(H,25,32)(H,26,31)(H,27,33)(H,28,35)(H,29,34)(H,36,37)/t10-,11+,12-,13-,14-,15-,16-/m0/s1. The molecule has 0 aliphatic rings. The Morgan fingerprint density at radius 1 is 0.700 bits per heavy atom. The third kappa shape index (κ3) is 13.4. The van der Waals surface area contributed by atoms with Gasteiger partial charge in [0.15, 0.2) is 0 Å². The van der Waals surface area contributed by atoms with E-state index >= 15 is 0 Å². The minimum absolute atomic E-state index is 0.142. The molecule has 0 aromatic heterocycles. The van der Waals surface area contributed by atoms with Crippen LogP contribution in [0.5, 0.6) is 0 Å². The van der Waals surface area contributed by atoms with Crippen LogP contribution in [-0.2, 0) is 28.8 Å². The molecule has 7 atom stereocenters. The van der Waals surface area contributed by atoms with Gasteiger partial charge in [-0.2, -0.15) is 37.9 Å². The van der Waals surface area contributed by atoms with Crippen LogP contribution in [0.1, 0.15) is 33.1 Å². The number of carbonyl (C=O) groups is 6. The molecule has 5 amide bonds. The van der Waals surface area contributed by atoms with Crippen LogP contribution in [0.4, 0.5) is 0 Å². The van der Waals surface area contributed by atoms with E-state index in [-0.39, 0.29) is 17.3 Å². The van der Waals surface area contributed by atoms with Gasteiger partial charge in [0.2, 0.25) is 29.5 Å². The molecule has 18 heteroatoms. The van der Waals surface area contributed by atoms with E-state index in [1.807, 2.05) is 0 Å². The number of carboxylic acid groups (broad SMARTS) is 1. The number of nitrogens with one attached hydrogen (secondary N) is 5. The molecule has 0 rings (SSSR count). The highest BCUT2D eigenvalue weighted by Crippen LogP contribution is 2.02. The molecular formula is C22H41N7O8S3. The molecule has 0 heterocycles. The maximum absolute atomic E-state index is 12.9. The summed E-state index contributed by atoms with van der Waals surface area (Å²) in [5.74, 6) is -5.88. The van der Waals surface area contributed by atoms with Gasteiger partial charge in [-0.15, -0.1) is 0 Å². The topological polar surface area (TPSA) is 255 Å². The first-order valence-electron chi connectivity index (χ1n) is 12.4. The average Bonchev–Trinajstić information content (AvgIpc) is 2.90. The molecule has 0 aromatic rings. The second-order valence-electron chi connectivity index (χ2n) is 8.92. The van der Waals surface area contributed by atoms with Crippen LogP contribution < -0.4 is 38.1 Å². The van der Waals surface area contributed by atoms with E-state index in [0.717, 1.165) is 0 Å². The lowest BCUT2D eigenvalue weighted by Crippen LogP contribution is -2.62. The average molecular weight is 628 g/mol. The molecule has 0 saturated carbocycles. The number of unbranched alkanes of at least 4 members (excludes halogenated alkanes) is 1. The monoisotopic (exact) mass is 627 g/mol. The SMILES string of the molecule is C[C@H](NC(=O)[C@H](CS)NC(=O)[C@H](CS)NC(=O)[C@@H](NC(=O)[C@H](CS)NC(=O)[C@@H](N)CCCCN)[C@@H](C)O)C(=O)O. The number of amides is 5. The number of aliphatic hydroxyl groups is 1. The number of rotatable bonds is 19. The largest absolute Gasteiger partial charge is 0.480 e. The van der Waals surface area contributed by atoms with E-state index in [1.165, 1.54) is 13.8 Å². The van der Waals surface area contributed by atoms with Gasteiger partial charge < -0.3 is 48.3 Å². The first-order valence-corrected chi connectivity index (χ1v) is 14.3. The molecular weight excluding hydrogens is 586 g/mol. The number of nitrogens with two attached hydrogens (primary N) is 2. The maximum atomic E-state index is 12.9. The molecule has 0 bridgehead atoms. The van der Waals surface area contributed by atoms with Crippen molar-refractivity contribution in [3.63, 3.8) is 0 Å². The van der Waals surface area contributed by atoms with Crippen molar-refractivity contribution in [3.8, 4) is 0 Å². The highest BCUT2D eigenvalue weighted by atomic mass is 32.1. The molecule has 0 saturated heterocycles. The summed E-state index contributed by atoms with van der Waals surface area (Å²) >= 11 is 12.1. The van der Waals surface area contributed by atoms with Crippen LogP contribution in [-0.4, -0.2) is 112 Å². The summed E-state index contributed by atoms with van der Waals surface area (Å²) < 4.78 is 0. The second kappa shape index (κ2) is 19.8. The fourth-order valence-electron chi connectivity index (χ4n) is 3.07. The molecule has 0 spiro atoms. The summed E-state index contributed by atoms with van der Waals surface area (Å²) in [5, 5.41) is 30.7. The molecule has 0 radical (unpaired) electrons. The minimum atomic E-state index is -1.54. The summed E-state index contributed by atoms with van der Waals surface area (Å²) in [5.41, 5.74) is 11.3. The highest BCUT2D eigenvalue weighted by molar-refractivity contribution is 7.80. The molecule has 15 nitrogen and oxygen atoms in total. The molecule has 11 N–H and O–H groups in total. The number of thiol groups is 3. The van der Waals surface area contributed by atoms with Crippen molar-refractivity contribution in [3.05, 3.63) is 0 Å². The summed E-state index contributed by atoms with van der Waals surface area (Å²) in [4.78, 5) is 74.0. The quantitative estimate of drug-likeness (QED) is 0.0490. The molecule has 0 aliphatic carbocycles. The van der Waals surface area contributed by atoms with Gasteiger partial charge in [-0.1, -0.05) is 6.42 Å². The third-order valence-electron chi connectivity index (χ3n) is 5.54. The van der Waals surface area contributed by atoms with Crippen molar-refractivity contribution >= 4 is 73.4 Å². The second-order valence-corrected chi connectivity index (χ2v) is 10.0. The van der Waals surface area contributed by atoms with Gasteiger partial charge in [-0.05, 0) is 33.2 Å². The summed E-state index contributed by atoms with van der Waals surface area (Å²) in [6.45, 7) is 2.92. The highest BCUT2D eigenvalue weighted by Gasteiger charge is 2.33. The van der Waals surface area contributed by atoms with E-state index < -0.39 is 77.9 Å². The van der Waals surface area contributed by atoms with Crippen molar-refractivity contribution in [2.24, 2.45) is 11.5 Å². The number of carboxylic acids is 1. The molecule has 230 valence electrons. The molecule has 40 heavy (non-hydrogen) atoms. The van der Waals surface area contributed by atoms with Gasteiger partial charge in [0.25, 0.3) is 0 Å². The lowest BCUT2D eigenvalue weighted by molar-refractivity contribution is -0.141. The van der Waals surface area contributed by atoms with Crippen LogP contribution >= 0.6 is 37.9 Å². The van der Waals surface area contributed by atoms with Crippen molar-refractivity contribution in [1.82, 2.24) is 26.6 Å². The Morgan fingerprint density at radius 2 is 1.12 bits per heavy atom. The summed E-state index contributed by atoms with van der Waals surface area (Å²) in [7, 11) is 0. The predicted molar refractivity (Wildman–Crippen MR) is 157 cm³/mol. The molecule has 0 aromatic carbocycles. The Labute approximate surface area is 249 Å². The van der Waals surface area contributed by atoms with Gasteiger partial charge >= 0.3 is 5.97 Å². The zero-order valence-electron chi connectivity index (χ0n) is 22.3. The minimum Gasteiger partial charge on any atom is -0.480 e. The van der Waals surface area contributed by atoms with E-state index in [2.05, 4.69) is 64.5 Å². The lowest BCUT2D eigenvalue weighted by atomic mass is 10.1. The third-order valence-corrected chi connectivity index (χ3v) is 6.64. The Bertz CT molecular complexity index is 883. The lowest BCUT2D eigenvalue weighted by Gasteiger charge is -2.27. The van der Waals surface area contributed by atoms with Gasteiger partial charge in [0, 0.05) is 17.3 Å². The van der Waals surface area contributed by atoms with Gasteiger partial charge in [0.1, 0.15) is 30.2 Å². The van der Waals surface area contributed by atoms with Gasteiger partial charge in [-0.25, -0.2) is 0 Å². The number of aliphatic hydroxyl groups excluding tert-OH is 1. The predicted octanol–water partition coefficient (Wildman–Crippen LogP) is -3.86. The van der Waals surface area contributed by atoms with Gasteiger partial charge in [0.05, 0.1) is 12.1 Å². The van der Waals surface area contributed by atoms with E-state index in [0.29, 0.717) is 25.8 Å². The fraction of sp³-hybridized carbons (Fsp3) is 0.727. The van der Waals surface area contributed by atoms with Crippen molar-refractivity contribution in [2.45, 2.75) is 75.5 Å². The normalized spacial score (nSPS) is 16.2. The van der Waals surface area contributed by atoms with Crippen LogP contribution in [0.25, 0.3) is 0 Å². The number of carbonyl (C=O) groups excluding carboxylic acids is 5. The van der Waals surface area contributed by atoms with Crippen molar-refractivity contribution < 1.29 is 39.0 Å². The Kier molecular flexibility index (Phi) is 18.7. The fourth-order valence-corrected chi connectivity index (χ4v) is 3.84. The first-order chi connectivity index (χ1) is 18.7. The van der Waals surface area contributed by atoms with Crippen LogP contribution in [0.15, 0.2) is 0 Å². The van der Waals surface area contributed by atoms with Crippen LogP contribution in [0.2, 0.25) is 0 Å². The zero-order chi connectivity index (χ0) is 31.0. The molecule has 0 fully saturated rings. The van der Waals surface area contributed by atoms with E-state index in [1.54, 1.807) is 0 Å². The van der Waals surface area contributed by atoms with E-state index in [9.17, 15) is 33.9 Å². The Balaban J connectivity index is 5.32. The first kappa shape index (κ1) is 37.8. The van der Waals surface area contributed by atoms with E-state index in [4.69, 9.17) is 16.6 Å². The van der Waals surface area contributed by atoms with Crippen molar-refractivity contribution in [1.29, 1.82) is 0 Å². The number of hydrogen-bond acceptors (Lipinski definition) is 12. The number of hydrogen-bond donors (Lipinski definition) is 12. The smallest absolute Gasteiger partial charge is 0.325 e. The van der Waals surface area contributed by atoms with Crippen molar-refractivity contribution in [2.75, 3.05) is 23.8 Å². The molecule has 0 aliphatic heterocycles. The summed E-state index contributed by atoms with van der Waals surface area (Å²) in [6, 6.07) is -7.38. The van der Waals surface area contributed by atoms with Gasteiger partial charge in [-0.3, -0.25) is 28.8 Å². The zero-order valence-corrected chi connectivity index (χ0v) is 25.0.